The maximum absolute atomic E-state index is 12.0. The molecule has 1 aromatic heterocycles. The predicted molar refractivity (Wildman–Crippen MR) is 68.4 cm³/mol. The molecule has 0 aliphatic heterocycles. The van der Waals surface area contributed by atoms with E-state index >= 15 is 0 Å². The Kier molecular flexibility index (Phi) is 3.15. The maximum Gasteiger partial charge on any atom is 0.264 e. The summed E-state index contributed by atoms with van der Waals surface area (Å²) in [6.07, 6.45) is 2.33. The van der Waals surface area contributed by atoms with Crippen LogP contribution in [0.25, 0.3) is 0 Å². The number of nitrogens with zero attached hydrogens (tertiary/aromatic N) is 2. The Morgan fingerprint density at radius 1 is 1.22 bits per heavy atom. The third-order valence-corrected chi connectivity index (χ3v) is 3.56. The molecule has 6 nitrogen and oxygen atoms in total. The van der Waals surface area contributed by atoms with Crippen molar-refractivity contribution in [3.63, 3.8) is 0 Å². The number of nitrogen functional groups attached to an aromatic ring is 1. The van der Waals surface area contributed by atoms with E-state index in [2.05, 4.69) is 14.7 Å². The van der Waals surface area contributed by atoms with E-state index < -0.39 is 10.0 Å². The Labute approximate surface area is 105 Å². The van der Waals surface area contributed by atoms with Gasteiger partial charge in [-0.15, -0.1) is 0 Å². The van der Waals surface area contributed by atoms with Crippen LogP contribution in [0.5, 0.6) is 0 Å². The van der Waals surface area contributed by atoms with Crippen LogP contribution in [-0.2, 0) is 10.0 Å². The predicted octanol–water partition coefficient (Wildman–Crippen LogP) is 1.17. The third-order valence-electron chi connectivity index (χ3n) is 2.23. The van der Waals surface area contributed by atoms with Crippen LogP contribution >= 0.6 is 0 Å². The number of hydrogen-bond donors (Lipinski definition) is 2. The summed E-state index contributed by atoms with van der Waals surface area (Å²) in [5.41, 5.74) is 6.76. The minimum Gasteiger partial charge on any atom is -0.368 e. The van der Waals surface area contributed by atoms with Gasteiger partial charge in [0.1, 0.15) is 4.90 Å². The van der Waals surface area contributed by atoms with Crippen LogP contribution in [0.1, 0.15) is 5.56 Å². The van der Waals surface area contributed by atoms with Crippen molar-refractivity contribution in [1.82, 2.24) is 9.97 Å². The molecular formula is C11H12N4O2S. The molecule has 2 rings (SSSR count). The molecule has 94 valence electrons. The van der Waals surface area contributed by atoms with Gasteiger partial charge in [-0.25, -0.2) is 18.4 Å². The van der Waals surface area contributed by atoms with Crippen molar-refractivity contribution in [2.24, 2.45) is 0 Å². The van der Waals surface area contributed by atoms with Gasteiger partial charge in [0.2, 0.25) is 5.95 Å². The van der Waals surface area contributed by atoms with Gasteiger partial charge in [0.15, 0.2) is 0 Å². The summed E-state index contributed by atoms with van der Waals surface area (Å²) in [4.78, 5) is 7.27. The molecule has 0 atom stereocenters. The van der Waals surface area contributed by atoms with E-state index in [0.717, 1.165) is 5.56 Å². The standard InChI is InChI=1S/C11H12N4O2S/c1-8-3-2-4-9(5-8)15-18(16,17)10-6-13-11(12)14-7-10/h2-7,15H,1H3,(H2,12,13,14). The molecule has 0 aliphatic rings. The second-order valence-corrected chi connectivity index (χ2v) is 5.43. The number of aromatic nitrogens is 2. The van der Waals surface area contributed by atoms with E-state index in [0.29, 0.717) is 5.69 Å². The van der Waals surface area contributed by atoms with Crippen LogP contribution in [-0.4, -0.2) is 18.4 Å². The van der Waals surface area contributed by atoms with Gasteiger partial charge >= 0.3 is 0 Å². The van der Waals surface area contributed by atoms with Gasteiger partial charge in [-0.05, 0) is 24.6 Å². The van der Waals surface area contributed by atoms with Crippen molar-refractivity contribution < 1.29 is 8.42 Å². The molecule has 1 aromatic carbocycles. The lowest BCUT2D eigenvalue weighted by Crippen LogP contribution is -2.14. The minimum absolute atomic E-state index is 0.0294. The molecule has 0 spiro atoms. The third kappa shape index (κ3) is 2.75. The fourth-order valence-electron chi connectivity index (χ4n) is 1.39. The highest BCUT2D eigenvalue weighted by molar-refractivity contribution is 7.92. The Hall–Kier alpha value is -2.15. The number of nitrogens with two attached hydrogens (primary N) is 1. The molecule has 18 heavy (non-hydrogen) atoms. The van der Waals surface area contributed by atoms with Gasteiger partial charge in [-0.2, -0.15) is 0 Å². The molecule has 1 heterocycles. The number of aryl methyl sites for hydroxylation is 1. The molecule has 0 saturated heterocycles. The minimum atomic E-state index is -3.68. The second-order valence-electron chi connectivity index (χ2n) is 3.75. The second kappa shape index (κ2) is 4.61. The molecule has 0 amide bonds. The van der Waals surface area contributed by atoms with E-state index in [1.54, 1.807) is 18.2 Å². The van der Waals surface area contributed by atoms with Crippen LogP contribution in [0.4, 0.5) is 11.6 Å². The Balaban J connectivity index is 2.30. The average Bonchev–Trinajstić information content (AvgIpc) is 2.29. The molecular weight excluding hydrogens is 252 g/mol. The van der Waals surface area contributed by atoms with Crippen molar-refractivity contribution in [3.8, 4) is 0 Å². The molecule has 0 radical (unpaired) electrons. The number of anilines is 2. The maximum atomic E-state index is 12.0. The van der Waals surface area contributed by atoms with E-state index in [1.807, 2.05) is 13.0 Å². The van der Waals surface area contributed by atoms with Gasteiger partial charge < -0.3 is 5.73 Å². The molecule has 2 aromatic rings. The highest BCUT2D eigenvalue weighted by atomic mass is 32.2. The topological polar surface area (TPSA) is 98.0 Å². The first-order valence-corrected chi connectivity index (χ1v) is 6.63. The van der Waals surface area contributed by atoms with Crippen LogP contribution in [0.2, 0.25) is 0 Å². The normalized spacial score (nSPS) is 11.2. The summed E-state index contributed by atoms with van der Waals surface area (Å²) < 4.78 is 26.4. The van der Waals surface area contributed by atoms with Crippen LogP contribution in [0.3, 0.4) is 0 Å². The number of sulfonamides is 1. The molecule has 0 unspecified atom stereocenters. The molecule has 0 bridgehead atoms. The van der Waals surface area contributed by atoms with Crippen LogP contribution in [0, 0.1) is 6.92 Å². The highest BCUT2D eigenvalue weighted by Crippen LogP contribution is 2.15. The lowest BCUT2D eigenvalue weighted by atomic mass is 10.2. The van der Waals surface area contributed by atoms with E-state index in [1.165, 1.54) is 12.4 Å². The first kappa shape index (κ1) is 12.3. The summed E-state index contributed by atoms with van der Waals surface area (Å²) >= 11 is 0. The first-order chi connectivity index (χ1) is 8.47. The smallest absolute Gasteiger partial charge is 0.264 e. The number of hydrogen-bond acceptors (Lipinski definition) is 5. The van der Waals surface area contributed by atoms with Gasteiger partial charge in [-0.3, -0.25) is 4.72 Å². The van der Waals surface area contributed by atoms with Crippen molar-refractivity contribution >= 4 is 21.7 Å². The number of rotatable bonds is 3. The molecule has 7 heteroatoms. The fraction of sp³-hybridized carbons (Fsp3) is 0.0909. The summed E-state index contributed by atoms with van der Waals surface area (Å²) in [7, 11) is -3.68. The largest absolute Gasteiger partial charge is 0.368 e. The van der Waals surface area contributed by atoms with E-state index in [4.69, 9.17) is 5.73 Å². The Morgan fingerprint density at radius 2 is 1.89 bits per heavy atom. The zero-order chi connectivity index (χ0) is 13.2. The van der Waals surface area contributed by atoms with Crippen LogP contribution < -0.4 is 10.5 Å². The zero-order valence-corrected chi connectivity index (χ0v) is 10.5. The first-order valence-electron chi connectivity index (χ1n) is 5.14. The average molecular weight is 264 g/mol. The number of nitrogens with one attached hydrogen (secondary N) is 1. The monoisotopic (exact) mass is 264 g/mol. The Bertz CT molecular complexity index is 653. The van der Waals surface area contributed by atoms with Crippen LogP contribution in [0.15, 0.2) is 41.6 Å². The quantitative estimate of drug-likeness (QED) is 0.867. The molecule has 0 fully saturated rings. The lowest BCUT2D eigenvalue weighted by molar-refractivity contribution is 0.600. The molecule has 0 saturated carbocycles. The van der Waals surface area contributed by atoms with Gasteiger partial charge in [0.25, 0.3) is 10.0 Å². The number of benzene rings is 1. The van der Waals surface area contributed by atoms with Gasteiger partial charge in [0.05, 0.1) is 12.4 Å². The van der Waals surface area contributed by atoms with Crippen molar-refractivity contribution in [2.45, 2.75) is 11.8 Å². The summed E-state index contributed by atoms with van der Waals surface area (Å²) in [5.74, 6) is 0.0319. The summed E-state index contributed by atoms with van der Waals surface area (Å²) in [6.45, 7) is 1.88. The van der Waals surface area contributed by atoms with Gasteiger partial charge in [0, 0.05) is 5.69 Å². The highest BCUT2D eigenvalue weighted by Gasteiger charge is 2.15. The van der Waals surface area contributed by atoms with Gasteiger partial charge in [-0.1, -0.05) is 12.1 Å². The lowest BCUT2D eigenvalue weighted by Gasteiger charge is -2.07. The molecule has 3 N–H and O–H groups in total. The van der Waals surface area contributed by atoms with E-state index in [-0.39, 0.29) is 10.8 Å². The van der Waals surface area contributed by atoms with E-state index in [9.17, 15) is 8.42 Å². The summed E-state index contributed by atoms with van der Waals surface area (Å²) in [6, 6.07) is 7.05. The zero-order valence-electron chi connectivity index (χ0n) is 9.66. The Morgan fingerprint density at radius 3 is 2.50 bits per heavy atom. The fourth-order valence-corrected chi connectivity index (χ4v) is 2.33. The summed E-state index contributed by atoms with van der Waals surface area (Å²) in [5, 5.41) is 0. The molecule has 0 aliphatic carbocycles. The van der Waals surface area contributed by atoms with Crippen molar-refractivity contribution in [3.05, 3.63) is 42.2 Å². The van der Waals surface area contributed by atoms with Crippen molar-refractivity contribution in [1.29, 1.82) is 0 Å². The SMILES string of the molecule is Cc1cccc(NS(=O)(=O)c2cnc(N)nc2)c1. The van der Waals surface area contributed by atoms with Crippen molar-refractivity contribution in [2.75, 3.05) is 10.5 Å².